The van der Waals surface area contributed by atoms with E-state index in [1.165, 1.54) is 0 Å². The second kappa shape index (κ2) is 8.48. The molecule has 2 unspecified atom stereocenters. The summed E-state index contributed by atoms with van der Waals surface area (Å²) in [5, 5.41) is 22.6. The molecule has 0 saturated heterocycles. The summed E-state index contributed by atoms with van der Waals surface area (Å²) in [5.41, 5.74) is 0. The first kappa shape index (κ1) is 12.9. The van der Waals surface area contributed by atoms with Crippen LogP contribution in [0.25, 0.3) is 0 Å². The molecule has 0 aromatic carbocycles. The molecular weight excluding hydrogens is 166 g/mol. The molecule has 3 heteroatoms. The van der Waals surface area contributed by atoms with Crippen molar-refractivity contribution in [3.05, 3.63) is 0 Å². The van der Waals surface area contributed by atoms with Crippen LogP contribution in [0.15, 0.2) is 0 Å². The summed E-state index contributed by atoms with van der Waals surface area (Å²) >= 11 is 0. The second-order valence-electron chi connectivity index (χ2n) is 3.37. The van der Waals surface area contributed by atoms with E-state index in [2.05, 4.69) is 5.32 Å². The molecule has 0 fully saturated rings. The van der Waals surface area contributed by atoms with Gasteiger partial charge < -0.3 is 10.2 Å². The second-order valence-corrected chi connectivity index (χ2v) is 3.37. The van der Waals surface area contributed by atoms with Crippen LogP contribution in [0.1, 0.15) is 39.5 Å². The molecule has 0 aromatic heterocycles. The molecule has 13 heavy (non-hydrogen) atoms. The van der Waals surface area contributed by atoms with Crippen molar-refractivity contribution in [1.82, 2.24) is 5.32 Å². The molecule has 0 aliphatic rings. The molecule has 2 atom stereocenters. The number of rotatable bonds is 8. The molecule has 0 amide bonds. The van der Waals surface area contributed by atoms with Gasteiger partial charge in [-0.25, -0.2) is 5.32 Å². The smallest absolute Gasteiger partial charge is 0.0550 e. The van der Waals surface area contributed by atoms with Crippen LogP contribution in [0, 0.1) is 0 Å². The summed E-state index contributed by atoms with van der Waals surface area (Å²) < 4.78 is 0. The van der Waals surface area contributed by atoms with Crippen molar-refractivity contribution in [2.24, 2.45) is 0 Å². The Morgan fingerprint density at radius 3 is 1.62 bits per heavy atom. The molecule has 0 aliphatic carbocycles. The van der Waals surface area contributed by atoms with Crippen LogP contribution < -0.4 is 5.32 Å². The van der Waals surface area contributed by atoms with Crippen molar-refractivity contribution in [3.8, 4) is 0 Å². The number of nitrogens with zero attached hydrogens (tertiary/aromatic N) is 1. The highest BCUT2D eigenvalue weighted by Gasteiger charge is 2.02. The first-order chi connectivity index (χ1) is 6.20. The normalized spacial score (nSPS) is 15.7. The largest absolute Gasteiger partial charge is 0.393 e. The Morgan fingerprint density at radius 2 is 1.31 bits per heavy atom. The Morgan fingerprint density at radius 1 is 0.923 bits per heavy atom. The number of hydrogen-bond acceptors (Lipinski definition) is 2. The van der Waals surface area contributed by atoms with Crippen molar-refractivity contribution in [1.29, 1.82) is 0 Å². The van der Waals surface area contributed by atoms with Crippen molar-refractivity contribution in [3.63, 3.8) is 0 Å². The highest BCUT2D eigenvalue weighted by molar-refractivity contribution is 4.58. The molecule has 0 heterocycles. The van der Waals surface area contributed by atoms with E-state index in [0.29, 0.717) is 13.1 Å². The zero-order valence-corrected chi connectivity index (χ0v) is 8.74. The van der Waals surface area contributed by atoms with E-state index in [1.54, 1.807) is 0 Å². The van der Waals surface area contributed by atoms with Crippen molar-refractivity contribution in [2.75, 3.05) is 13.1 Å². The van der Waals surface area contributed by atoms with Gasteiger partial charge in [-0.3, -0.25) is 0 Å². The molecule has 0 aliphatic heterocycles. The van der Waals surface area contributed by atoms with Gasteiger partial charge in [-0.05, 0) is 25.7 Å². The van der Waals surface area contributed by atoms with E-state index in [0.717, 1.165) is 25.7 Å². The Labute approximate surface area is 81.2 Å². The van der Waals surface area contributed by atoms with Gasteiger partial charge in [0.1, 0.15) is 0 Å². The number of hydrogen-bond donors (Lipinski definition) is 2. The predicted molar refractivity (Wildman–Crippen MR) is 53.7 cm³/mol. The van der Waals surface area contributed by atoms with Gasteiger partial charge in [0.25, 0.3) is 0 Å². The maximum absolute atomic E-state index is 9.20. The minimum atomic E-state index is -0.208. The van der Waals surface area contributed by atoms with E-state index in [-0.39, 0.29) is 12.2 Å². The maximum atomic E-state index is 9.20. The topological polar surface area (TPSA) is 54.6 Å². The quantitative estimate of drug-likeness (QED) is 0.556. The van der Waals surface area contributed by atoms with Crippen LogP contribution in [0.4, 0.5) is 0 Å². The predicted octanol–water partition coefficient (Wildman–Crippen LogP) is 0.913. The Bertz CT molecular complexity index is 97.1. The molecule has 1 radical (unpaired) electrons. The van der Waals surface area contributed by atoms with E-state index in [4.69, 9.17) is 0 Å². The van der Waals surface area contributed by atoms with Crippen molar-refractivity contribution < 1.29 is 10.2 Å². The van der Waals surface area contributed by atoms with Crippen LogP contribution in [0.5, 0.6) is 0 Å². The SMILES string of the molecule is CCC(O)CC[N]CCC(O)CC. The molecule has 2 N–H and O–H groups in total. The molecule has 0 spiro atoms. The van der Waals surface area contributed by atoms with Crippen LogP contribution in [0.2, 0.25) is 0 Å². The Balaban J connectivity index is 3.08. The van der Waals surface area contributed by atoms with Gasteiger partial charge in [0, 0.05) is 13.1 Å². The number of aliphatic hydroxyl groups is 2. The molecule has 0 rings (SSSR count). The lowest BCUT2D eigenvalue weighted by atomic mass is 10.2. The lowest BCUT2D eigenvalue weighted by Crippen LogP contribution is -2.18. The fourth-order valence-electron chi connectivity index (χ4n) is 1.00. The van der Waals surface area contributed by atoms with Gasteiger partial charge in [0.05, 0.1) is 12.2 Å². The minimum absolute atomic E-state index is 0.208. The molecular formula is C10H22NO2. The summed E-state index contributed by atoms with van der Waals surface area (Å²) in [7, 11) is 0. The van der Waals surface area contributed by atoms with Crippen LogP contribution in [0.3, 0.4) is 0 Å². The highest BCUT2D eigenvalue weighted by Crippen LogP contribution is 1.97. The Kier molecular flexibility index (Phi) is 8.40. The lowest BCUT2D eigenvalue weighted by Gasteiger charge is -2.09. The van der Waals surface area contributed by atoms with Gasteiger partial charge in [-0.1, -0.05) is 13.8 Å². The summed E-state index contributed by atoms with van der Waals surface area (Å²) in [6, 6.07) is 0. The van der Waals surface area contributed by atoms with Gasteiger partial charge in [-0.15, -0.1) is 0 Å². The third kappa shape index (κ3) is 8.22. The lowest BCUT2D eigenvalue weighted by molar-refractivity contribution is 0.151. The van der Waals surface area contributed by atoms with E-state index < -0.39 is 0 Å². The fraction of sp³-hybridized carbons (Fsp3) is 1.00. The zero-order chi connectivity index (χ0) is 10.1. The van der Waals surface area contributed by atoms with E-state index >= 15 is 0 Å². The minimum Gasteiger partial charge on any atom is -0.393 e. The first-order valence-electron chi connectivity index (χ1n) is 5.20. The van der Waals surface area contributed by atoms with Crippen LogP contribution in [-0.4, -0.2) is 35.5 Å². The molecule has 0 aromatic rings. The van der Waals surface area contributed by atoms with Gasteiger partial charge in [-0.2, -0.15) is 0 Å². The third-order valence-corrected chi connectivity index (χ3v) is 2.18. The fourth-order valence-corrected chi connectivity index (χ4v) is 1.00. The molecule has 0 bridgehead atoms. The molecule has 3 nitrogen and oxygen atoms in total. The monoisotopic (exact) mass is 188 g/mol. The summed E-state index contributed by atoms with van der Waals surface area (Å²) in [4.78, 5) is 0. The molecule has 0 saturated carbocycles. The van der Waals surface area contributed by atoms with Crippen molar-refractivity contribution in [2.45, 2.75) is 51.7 Å². The summed E-state index contributed by atoms with van der Waals surface area (Å²) in [6.07, 6.45) is 2.68. The van der Waals surface area contributed by atoms with Gasteiger partial charge in [0.15, 0.2) is 0 Å². The standard InChI is InChI=1S/C10H22NO2/c1-3-9(12)5-7-11-8-6-10(13)4-2/h9-10,12-13H,3-8H2,1-2H3. The van der Waals surface area contributed by atoms with Crippen molar-refractivity contribution >= 4 is 0 Å². The average Bonchev–Trinajstić information content (AvgIpc) is 2.16. The average molecular weight is 188 g/mol. The van der Waals surface area contributed by atoms with Crippen LogP contribution >= 0.6 is 0 Å². The third-order valence-electron chi connectivity index (χ3n) is 2.18. The highest BCUT2D eigenvalue weighted by atomic mass is 16.3. The van der Waals surface area contributed by atoms with E-state index in [1.807, 2.05) is 13.8 Å². The first-order valence-corrected chi connectivity index (χ1v) is 5.20. The maximum Gasteiger partial charge on any atom is 0.0550 e. The summed E-state index contributed by atoms with van der Waals surface area (Å²) in [5.74, 6) is 0. The van der Waals surface area contributed by atoms with Gasteiger partial charge in [0.2, 0.25) is 0 Å². The zero-order valence-electron chi connectivity index (χ0n) is 8.74. The number of aliphatic hydroxyl groups excluding tert-OH is 2. The summed E-state index contributed by atoms with van der Waals surface area (Å²) in [6.45, 7) is 5.36. The van der Waals surface area contributed by atoms with Crippen LogP contribution in [-0.2, 0) is 0 Å². The molecule has 79 valence electrons. The van der Waals surface area contributed by atoms with E-state index in [9.17, 15) is 10.2 Å². The Hall–Kier alpha value is -0.120. The van der Waals surface area contributed by atoms with Gasteiger partial charge >= 0.3 is 0 Å².